The number of anilines is 2. The minimum absolute atomic E-state index is 0.00283. The molecule has 0 aromatic heterocycles. The second-order valence-electron chi connectivity index (χ2n) is 29.3. The fourth-order valence-electron chi connectivity index (χ4n) is 15.5. The van der Waals surface area contributed by atoms with Crippen molar-refractivity contribution < 1.29 is 106 Å². The maximum Gasteiger partial charge on any atom is 0.294 e. The van der Waals surface area contributed by atoms with Crippen LogP contribution in [0.25, 0.3) is 87.6 Å². The Balaban J connectivity index is 1.15. The Kier molecular flexibility index (Phi) is 19.4. The topological polar surface area (TPSA) is 419 Å². The van der Waals surface area contributed by atoms with Crippen LogP contribution < -0.4 is 19.3 Å². The fraction of sp³-hybridized carbons (Fsp3) is 0.143. The van der Waals surface area contributed by atoms with E-state index in [4.69, 9.17) is 9.47 Å². The van der Waals surface area contributed by atoms with E-state index in [1.54, 1.807) is 36.4 Å². The van der Waals surface area contributed by atoms with Gasteiger partial charge in [0.2, 0.25) is 0 Å². The fourth-order valence-corrected chi connectivity index (χ4v) is 18.5. The molecule has 13 aromatic carbocycles. The molecule has 116 heavy (non-hydrogen) atoms. The van der Waals surface area contributed by atoms with Gasteiger partial charge >= 0.3 is 0 Å². The van der Waals surface area contributed by atoms with Gasteiger partial charge in [-0.25, -0.2) is 9.80 Å². The third-order valence-electron chi connectivity index (χ3n) is 20.9. The maximum atomic E-state index is 16.6. The average molecular weight is 1680 g/mol. The van der Waals surface area contributed by atoms with E-state index in [1.807, 2.05) is 55.4 Å². The molecule has 0 saturated heterocycles. The number of amides is 4. The lowest BCUT2D eigenvalue weighted by Gasteiger charge is -2.34. The standard InChI is InChI=1S/C84H66N2O24S6/c1-41(2)55-11-9-12-56(42(3)4)77(55)85-81(87)61-33-31-59-74-70(110-80-65(47-19-27-51(28-20-47)113(97,98)99)37-54(116(106,107)108)38-66(80)48-21-29-52(30-22-48)114(100,101)102)40-68-72-62(82(88)86(84(68)90)78-57(43(5)6)13-10-14-58(78)44(7)8)34-32-60(76(72)74)73-69(39-67(83(85)89)71(61)75(59)73)109-79-63(45-15-23-49(24-16-45)111(91,92)93)35-53(115(103,104)105)36-64(79)46-17-25-50(26-18-46)112(94,95)96/h9-44H,1-8H3,(H,91,92,93)(H,94,95,96)(H,97,98,99)(H,100,101,102)(H,103,104,105)(H,106,107,108). The van der Waals surface area contributed by atoms with Crippen molar-refractivity contribution in [2.75, 3.05) is 9.80 Å². The third kappa shape index (κ3) is 13.6. The van der Waals surface area contributed by atoms with Gasteiger partial charge in [0, 0.05) is 65.7 Å². The molecule has 0 bridgehead atoms. The van der Waals surface area contributed by atoms with Gasteiger partial charge in [-0.05, 0) is 176 Å². The molecule has 15 rings (SSSR count). The van der Waals surface area contributed by atoms with E-state index in [-0.39, 0.29) is 156 Å². The number of carbonyl (C=O) groups excluding carboxylic acids is 4. The second kappa shape index (κ2) is 28.2. The van der Waals surface area contributed by atoms with Gasteiger partial charge in [-0.15, -0.1) is 0 Å². The highest BCUT2D eigenvalue weighted by molar-refractivity contribution is 7.87. The number of hydrogen-bond donors (Lipinski definition) is 6. The molecule has 0 fully saturated rings. The van der Waals surface area contributed by atoms with Gasteiger partial charge in [-0.3, -0.25) is 46.5 Å². The lowest BCUT2D eigenvalue weighted by atomic mass is 9.80. The molecule has 0 unspecified atom stereocenters. The van der Waals surface area contributed by atoms with Crippen LogP contribution in [-0.2, 0) is 60.7 Å². The zero-order valence-electron chi connectivity index (χ0n) is 62.2. The Bertz CT molecular complexity index is 6580. The first-order valence-corrected chi connectivity index (χ1v) is 44.3. The highest BCUT2D eigenvalue weighted by Gasteiger charge is 2.44. The van der Waals surface area contributed by atoms with E-state index in [0.717, 1.165) is 131 Å². The van der Waals surface area contributed by atoms with Crippen molar-refractivity contribution in [2.45, 2.75) is 108 Å². The van der Waals surface area contributed by atoms with Gasteiger partial charge in [0.1, 0.15) is 23.0 Å². The molecule has 2 aliphatic heterocycles. The summed E-state index contributed by atoms with van der Waals surface area (Å²) in [6.45, 7) is 15.0. The quantitative estimate of drug-likeness (QED) is 0.0179. The molecule has 2 aliphatic rings. The summed E-state index contributed by atoms with van der Waals surface area (Å²) in [5.41, 5.74) is 0.690. The summed E-state index contributed by atoms with van der Waals surface area (Å²) in [7, 11) is -30.3. The first-order valence-electron chi connectivity index (χ1n) is 35.6. The van der Waals surface area contributed by atoms with Gasteiger partial charge < -0.3 is 9.47 Å². The van der Waals surface area contributed by atoms with Crippen LogP contribution >= 0.6 is 0 Å². The number of imide groups is 2. The molecule has 0 saturated carbocycles. The Morgan fingerprint density at radius 1 is 0.259 bits per heavy atom. The second-order valence-corrected chi connectivity index (χ2v) is 37.9. The molecule has 592 valence electrons. The molecule has 6 N–H and O–H groups in total. The van der Waals surface area contributed by atoms with Crippen LogP contribution in [-0.4, -0.2) is 101 Å². The third-order valence-corrected chi connectivity index (χ3v) is 26.0. The Morgan fingerprint density at radius 3 is 0.716 bits per heavy atom. The first kappa shape index (κ1) is 79.7. The smallest absolute Gasteiger partial charge is 0.294 e. The van der Waals surface area contributed by atoms with Crippen LogP contribution in [0.4, 0.5) is 11.4 Å². The van der Waals surface area contributed by atoms with E-state index in [9.17, 15) is 77.8 Å². The van der Waals surface area contributed by atoms with Gasteiger partial charge in [0.05, 0.1) is 51.9 Å². The number of ether oxygens (including phenoxy) is 2. The molecule has 26 nitrogen and oxygen atoms in total. The van der Waals surface area contributed by atoms with Crippen molar-refractivity contribution in [3.05, 3.63) is 239 Å². The molecular formula is C84H66N2O24S6. The molecular weight excluding hydrogens is 1610 g/mol. The summed E-state index contributed by atoms with van der Waals surface area (Å²) >= 11 is 0. The van der Waals surface area contributed by atoms with Crippen LogP contribution in [0.1, 0.15) is 143 Å². The number of para-hydroxylation sites is 2. The SMILES string of the molecule is CC(C)c1cccc(C(C)C)c1N1C(=O)c2ccc3c4c(Oc5c(-c6ccc(S(=O)(=O)O)cc6)cc(S(=O)(=O)O)cc5-c5ccc(S(=O)(=O)O)cc5)cc5c6c(ccc(c7c(Oc8c(-c9ccc(S(=O)(=O)O)cc9)cc(S(=O)(=O)O)cc8-c8ccc(S(=O)(=O)O)cc8)cc(c2c37)C1=O)c64)C(=O)N(c1c(C(C)C)cccc1C(C)C)C5=O. The first-order chi connectivity index (χ1) is 54.3. The van der Waals surface area contributed by atoms with Crippen molar-refractivity contribution in [3.8, 4) is 67.5 Å². The predicted octanol–water partition coefficient (Wildman–Crippen LogP) is 17.6. The van der Waals surface area contributed by atoms with Gasteiger partial charge in [-0.1, -0.05) is 152 Å². The van der Waals surface area contributed by atoms with Crippen molar-refractivity contribution >= 4 is 139 Å². The Hall–Kier alpha value is -11.5. The highest BCUT2D eigenvalue weighted by Crippen LogP contribution is 2.57. The van der Waals surface area contributed by atoms with E-state index < -0.39 is 125 Å². The average Bonchev–Trinajstić information content (AvgIpc) is 0.675. The minimum atomic E-state index is -5.30. The molecule has 0 atom stereocenters. The van der Waals surface area contributed by atoms with E-state index in [2.05, 4.69) is 0 Å². The van der Waals surface area contributed by atoms with Crippen molar-refractivity contribution in [3.63, 3.8) is 0 Å². The van der Waals surface area contributed by atoms with E-state index in [0.29, 0.717) is 22.3 Å². The monoisotopic (exact) mass is 1680 g/mol. The maximum absolute atomic E-state index is 16.6. The number of carbonyl (C=O) groups is 4. The highest BCUT2D eigenvalue weighted by atomic mass is 32.2. The molecule has 13 aromatic rings. The van der Waals surface area contributed by atoms with Crippen LogP contribution in [0.2, 0.25) is 0 Å². The lowest BCUT2D eigenvalue weighted by molar-refractivity contribution is 0.0877. The molecule has 0 spiro atoms. The van der Waals surface area contributed by atoms with Gasteiger partial charge in [0.15, 0.2) is 0 Å². The zero-order valence-corrected chi connectivity index (χ0v) is 67.1. The molecule has 32 heteroatoms. The number of fused-ring (bicyclic) bond motifs is 2. The van der Waals surface area contributed by atoms with Crippen molar-refractivity contribution in [2.24, 2.45) is 0 Å². The zero-order chi connectivity index (χ0) is 83.6. The number of benzene rings is 13. The van der Waals surface area contributed by atoms with Gasteiger partial charge in [0.25, 0.3) is 84.3 Å². The van der Waals surface area contributed by atoms with Crippen LogP contribution in [0.15, 0.2) is 223 Å². The summed E-state index contributed by atoms with van der Waals surface area (Å²) < 4.78 is 234. The van der Waals surface area contributed by atoms with E-state index in [1.165, 1.54) is 36.4 Å². The Morgan fingerprint density at radius 2 is 0.491 bits per heavy atom. The number of rotatable bonds is 20. The largest absolute Gasteiger partial charge is 0.455 e. The van der Waals surface area contributed by atoms with Crippen LogP contribution in [0.3, 0.4) is 0 Å². The number of hydrogen-bond acceptors (Lipinski definition) is 18. The molecule has 2 heterocycles. The molecule has 4 amide bonds. The van der Waals surface area contributed by atoms with Crippen LogP contribution in [0, 0.1) is 0 Å². The van der Waals surface area contributed by atoms with Gasteiger partial charge in [-0.2, -0.15) is 50.5 Å². The van der Waals surface area contributed by atoms with Crippen LogP contribution in [0.5, 0.6) is 23.0 Å². The summed E-state index contributed by atoms with van der Waals surface area (Å²) in [5, 5.41) is -0.0992. The summed E-state index contributed by atoms with van der Waals surface area (Å²) in [6, 6.07) is 40.0. The minimum Gasteiger partial charge on any atom is -0.455 e. The summed E-state index contributed by atoms with van der Waals surface area (Å²) in [6.07, 6.45) is 0. The van der Waals surface area contributed by atoms with Crippen molar-refractivity contribution in [1.29, 1.82) is 0 Å². The Labute approximate surface area is 665 Å². The summed E-state index contributed by atoms with van der Waals surface area (Å²) in [5.74, 6) is -6.32. The lowest BCUT2D eigenvalue weighted by Crippen LogP contribution is -2.42. The number of nitrogens with zero attached hydrogens (tertiary/aromatic N) is 2. The predicted molar refractivity (Wildman–Crippen MR) is 433 cm³/mol. The molecule has 0 aliphatic carbocycles. The molecule has 0 radical (unpaired) electrons. The van der Waals surface area contributed by atoms with Crippen molar-refractivity contribution in [1.82, 2.24) is 0 Å². The van der Waals surface area contributed by atoms with E-state index >= 15 is 19.2 Å². The normalized spacial score (nSPS) is 13.8. The summed E-state index contributed by atoms with van der Waals surface area (Å²) in [4.78, 5) is 63.6.